The lowest BCUT2D eigenvalue weighted by Gasteiger charge is -2.24. The number of aliphatic hydroxyl groups excluding tert-OH is 1. The van der Waals surface area contributed by atoms with Crippen LogP contribution in [0.25, 0.3) is 0 Å². The predicted octanol–water partition coefficient (Wildman–Crippen LogP) is 0.531. The van der Waals surface area contributed by atoms with E-state index >= 15 is 0 Å². The number of aliphatic hydroxyl groups is 1. The van der Waals surface area contributed by atoms with Crippen LogP contribution in [0.2, 0.25) is 0 Å². The lowest BCUT2D eigenvalue weighted by atomic mass is 9.96. The number of nitrogens with zero attached hydrogens (tertiary/aromatic N) is 2. The molecule has 7 nitrogen and oxygen atoms in total. The van der Waals surface area contributed by atoms with Gasteiger partial charge in [0.15, 0.2) is 9.84 Å². The summed E-state index contributed by atoms with van der Waals surface area (Å²) in [6.45, 7) is 2.52. The fourth-order valence-corrected chi connectivity index (χ4v) is 3.41. The van der Waals surface area contributed by atoms with Crippen LogP contribution in [0.4, 0.5) is 5.95 Å². The molecule has 1 aliphatic rings. The largest absolute Gasteiger partial charge is 0.396 e. The standard InChI is InChI=1S/C14H24N4O3S/c1-22(20,21)12-10-17-14(16-7-2-3-8-19)18-13(12)11-5-4-6-15-9-11/h10-11,15,19H,2-9H2,1H3,(H,16,17,18)/t11-/m0/s1. The van der Waals surface area contributed by atoms with Crippen LogP contribution >= 0.6 is 0 Å². The summed E-state index contributed by atoms with van der Waals surface area (Å²) < 4.78 is 23.9. The fraction of sp³-hybridized carbons (Fsp3) is 0.714. The van der Waals surface area contributed by atoms with Gasteiger partial charge in [0.25, 0.3) is 0 Å². The van der Waals surface area contributed by atoms with Gasteiger partial charge in [-0.1, -0.05) is 0 Å². The van der Waals surface area contributed by atoms with E-state index in [1.54, 1.807) is 0 Å². The van der Waals surface area contributed by atoms with Gasteiger partial charge in [-0.05, 0) is 32.2 Å². The summed E-state index contributed by atoms with van der Waals surface area (Å²) in [6.07, 6.45) is 6.07. The zero-order valence-electron chi connectivity index (χ0n) is 12.9. The third kappa shape index (κ3) is 4.62. The number of aromatic nitrogens is 2. The van der Waals surface area contributed by atoms with E-state index in [9.17, 15) is 8.42 Å². The van der Waals surface area contributed by atoms with Crippen molar-refractivity contribution >= 4 is 15.8 Å². The first-order chi connectivity index (χ1) is 10.5. The molecule has 0 unspecified atom stereocenters. The molecule has 0 aliphatic carbocycles. The van der Waals surface area contributed by atoms with Crippen LogP contribution in [0.5, 0.6) is 0 Å². The average Bonchev–Trinajstić information content (AvgIpc) is 2.51. The summed E-state index contributed by atoms with van der Waals surface area (Å²) in [4.78, 5) is 8.79. The Morgan fingerprint density at radius 2 is 2.27 bits per heavy atom. The zero-order chi connectivity index (χ0) is 16.0. The molecule has 0 radical (unpaired) electrons. The minimum atomic E-state index is -3.34. The van der Waals surface area contributed by atoms with Crippen LogP contribution in [0.3, 0.4) is 0 Å². The third-order valence-corrected chi connectivity index (χ3v) is 4.85. The molecule has 0 spiro atoms. The number of hydrogen-bond donors (Lipinski definition) is 3. The molecule has 1 fully saturated rings. The summed E-state index contributed by atoms with van der Waals surface area (Å²) in [7, 11) is -3.34. The molecule has 0 aromatic carbocycles. The maximum absolute atomic E-state index is 12.0. The Morgan fingerprint density at radius 1 is 1.45 bits per heavy atom. The van der Waals surface area contributed by atoms with Gasteiger partial charge in [-0.2, -0.15) is 0 Å². The Kier molecular flexibility index (Phi) is 6.10. The van der Waals surface area contributed by atoms with E-state index in [0.29, 0.717) is 24.6 Å². The Balaban J connectivity index is 2.21. The molecule has 2 heterocycles. The van der Waals surface area contributed by atoms with Gasteiger partial charge < -0.3 is 15.7 Å². The fourth-order valence-electron chi connectivity index (χ4n) is 2.57. The van der Waals surface area contributed by atoms with E-state index in [1.165, 1.54) is 12.5 Å². The smallest absolute Gasteiger partial charge is 0.222 e. The first-order valence-electron chi connectivity index (χ1n) is 7.65. The normalized spacial score (nSPS) is 19.1. The Morgan fingerprint density at radius 3 is 2.91 bits per heavy atom. The summed E-state index contributed by atoms with van der Waals surface area (Å²) in [5.41, 5.74) is 0.606. The van der Waals surface area contributed by atoms with E-state index in [0.717, 1.165) is 32.4 Å². The summed E-state index contributed by atoms with van der Waals surface area (Å²) in [5.74, 6) is 0.547. The minimum Gasteiger partial charge on any atom is -0.396 e. The molecular weight excluding hydrogens is 304 g/mol. The second-order valence-electron chi connectivity index (χ2n) is 5.62. The molecule has 1 atom stereocenters. The number of rotatable bonds is 7. The SMILES string of the molecule is CS(=O)(=O)c1cnc(NCCCCO)nc1[C@H]1CCCNC1. The zero-order valence-corrected chi connectivity index (χ0v) is 13.7. The number of piperidine rings is 1. The highest BCUT2D eigenvalue weighted by molar-refractivity contribution is 7.90. The summed E-state index contributed by atoms with van der Waals surface area (Å²) in [6, 6.07) is 0. The minimum absolute atomic E-state index is 0.0967. The molecule has 1 saturated heterocycles. The number of unbranched alkanes of at least 4 members (excludes halogenated alkanes) is 1. The van der Waals surface area contributed by atoms with Gasteiger partial charge in [0.05, 0.1) is 11.9 Å². The number of sulfone groups is 1. The van der Waals surface area contributed by atoms with Crippen molar-refractivity contribution in [3.63, 3.8) is 0 Å². The van der Waals surface area contributed by atoms with Crippen LogP contribution in [0.1, 0.15) is 37.3 Å². The highest BCUT2D eigenvalue weighted by Gasteiger charge is 2.25. The van der Waals surface area contributed by atoms with Crippen LogP contribution in [-0.2, 0) is 9.84 Å². The maximum atomic E-state index is 12.0. The molecule has 22 heavy (non-hydrogen) atoms. The van der Waals surface area contributed by atoms with Gasteiger partial charge in [-0.25, -0.2) is 18.4 Å². The molecule has 2 rings (SSSR count). The van der Waals surface area contributed by atoms with Gasteiger partial charge in [-0.3, -0.25) is 0 Å². The topological polar surface area (TPSA) is 104 Å². The Bertz CT molecular complexity index is 586. The highest BCUT2D eigenvalue weighted by atomic mass is 32.2. The molecule has 3 N–H and O–H groups in total. The first kappa shape index (κ1) is 17.1. The van der Waals surface area contributed by atoms with Gasteiger partial charge in [0, 0.05) is 31.9 Å². The molecule has 124 valence electrons. The monoisotopic (exact) mass is 328 g/mol. The maximum Gasteiger partial charge on any atom is 0.222 e. The van der Waals surface area contributed by atoms with Crippen molar-refractivity contribution in [1.82, 2.24) is 15.3 Å². The van der Waals surface area contributed by atoms with Crippen molar-refractivity contribution < 1.29 is 13.5 Å². The van der Waals surface area contributed by atoms with E-state index in [4.69, 9.17) is 5.11 Å². The van der Waals surface area contributed by atoms with Crippen LogP contribution in [-0.4, -0.2) is 56.0 Å². The van der Waals surface area contributed by atoms with Gasteiger partial charge in [0.1, 0.15) is 4.90 Å². The Labute approximate surface area is 131 Å². The van der Waals surface area contributed by atoms with Gasteiger partial charge >= 0.3 is 0 Å². The summed E-state index contributed by atoms with van der Waals surface area (Å²) in [5, 5.41) is 15.1. The van der Waals surface area contributed by atoms with E-state index in [-0.39, 0.29) is 17.4 Å². The van der Waals surface area contributed by atoms with Crippen LogP contribution in [0, 0.1) is 0 Å². The molecule has 8 heteroatoms. The second-order valence-corrected chi connectivity index (χ2v) is 7.60. The third-order valence-electron chi connectivity index (χ3n) is 3.73. The van der Waals surface area contributed by atoms with Crippen molar-refractivity contribution in [3.05, 3.63) is 11.9 Å². The summed E-state index contributed by atoms with van der Waals surface area (Å²) >= 11 is 0. The van der Waals surface area contributed by atoms with Crippen molar-refractivity contribution in [2.24, 2.45) is 0 Å². The predicted molar refractivity (Wildman–Crippen MR) is 84.8 cm³/mol. The molecule has 1 aromatic heterocycles. The highest BCUT2D eigenvalue weighted by Crippen LogP contribution is 2.27. The van der Waals surface area contributed by atoms with Gasteiger partial charge in [0.2, 0.25) is 5.95 Å². The number of anilines is 1. The van der Waals surface area contributed by atoms with Crippen molar-refractivity contribution in [1.29, 1.82) is 0 Å². The van der Waals surface area contributed by atoms with E-state index in [1.807, 2.05) is 0 Å². The average molecular weight is 328 g/mol. The van der Waals surface area contributed by atoms with Gasteiger partial charge in [-0.15, -0.1) is 0 Å². The molecule has 0 amide bonds. The quantitative estimate of drug-likeness (QED) is 0.627. The van der Waals surface area contributed by atoms with E-state index in [2.05, 4.69) is 20.6 Å². The van der Waals surface area contributed by atoms with Crippen molar-refractivity contribution in [2.75, 3.05) is 37.8 Å². The van der Waals surface area contributed by atoms with Crippen molar-refractivity contribution in [3.8, 4) is 0 Å². The number of hydrogen-bond acceptors (Lipinski definition) is 7. The Hall–Kier alpha value is -1.25. The molecule has 0 saturated carbocycles. The lowest BCUT2D eigenvalue weighted by Crippen LogP contribution is -2.30. The number of nitrogens with one attached hydrogen (secondary N) is 2. The molecule has 1 aliphatic heterocycles. The van der Waals surface area contributed by atoms with Crippen molar-refractivity contribution in [2.45, 2.75) is 36.5 Å². The molecule has 1 aromatic rings. The second kappa shape index (κ2) is 7.85. The van der Waals surface area contributed by atoms with Crippen LogP contribution in [0.15, 0.2) is 11.1 Å². The molecule has 0 bridgehead atoms. The molecular formula is C14H24N4O3S. The lowest BCUT2D eigenvalue weighted by molar-refractivity contribution is 0.286. The first-order valence-corrected chi connectivity index (χ1v) is 9.54. The van der Waals surface area contributed by atoms with Crippen LogP contribution < -0.4 is 10.6 Å². The van der Waals surface area contributed by atoms with E-state index < -0.39 is 9.84 Å².